The molecule has 9 nitrogen and oxygen atoms in total. The van der Waals surface area contributed by atoms with Crippen molar-refractivity contribution in [1.82, 2.24) is 24.7 Å². The highest BCUT2D eigenvalue weighted by molar-refractivity contribution is 5.76. The van der Waals surface area contributed by atoms with Crippen molar-refractivity contribution in [2.75, 3.05) is 53.0 Å². The van der Waals surface area contributed by atoms with Crippen molar-refractivity contribution in [1.29, 1.82) is 0 Å². The van der Waals surface area contributed by atoms with Gasteiger partial charge in [0.05, 0.1) is 19.3 Å². The molecule has 0 bridgehead atoms. The number of carbonyl (C=O) groups is 1. The van der Waals surface area contributed by atoms with E-state index in [1.807, 2.05) is 17.0 Å². The lowest BCUT2D eigenvalue weighted by Gasteiger charge is -2.53. The van der Waals surface area contributed by atoms with Gasteiger partial charge in [0.2, 0.25) is 17.7 Å². The van der Waals surface area contributed by atoms with E-state index < -0.39 is 13.0 Å². The van der Waals surface area contributed by atoms with Crippen molar-refractivity contribution in [2.45, 2.75) is 56.2 Å². The van der Waals surface area contributed by atoms with E-state index in [2.05, 4.69) is 68.3 Å². The molecule has 1 amide bonds. The third kappa shape index (κ3) is 7.26. The molecule has 11 heteroatoms. The van der Waals surface area contributed by atoms with Crippen LogP contribution in [-0.4, -0.2) is 107 Å². The Balaban J connectivity index is 1.37. The Hall–Kier alpha value is -3.67. The molecule has 240 valence electrons. The third-order valence-electron chi connectivity index (χ3n) is 9.06. The van der Waals surface area contributed by atoms with Crippen molar-refractivity contribution in [3.8, 4) is 11.8 Å². The predicted molar refractivity (Wildman–Crippen MR) is 165 cm³/mol. The van der Waals surface area contributed by atoms with Crippen molar-refractivity contribution in [3.63, 3.8) is 0 Å². The quantitative estimate of drug-likeness (QED) is 0.326. The number of methoxy groups -OCH3 is 1. The van der Waals surface area contributed by atoms with Crippen LogP contribution in [0, 0.1) is 0 Å². The monoisotopic (exact) mass is 621 g/mol. The molecule has 1 aliphatic carbocycles. The summed E-state index contributed by atoms with van der Waals surface area (Å²) in [7, 11) is 1.53. The number of alkyl halides is 2. The van der Waals surface area contributed by atoms with E-state index in [0.717, 1.165) is 12.8 Å². The van der Waals surface area contributed by atoms with Gasteiger partial charge >= 0.3 is 0 Å². The van der Waals surface area contributed by atoms with Gasteiger partial charge in [0, 0.05) is 69.6 Å². The summed E-state index contributed by atoms with van der Waals surface area (Å²) >= 11 is 0. The van der Waals surface area contributed by atoms with Gasteiger partial charge < -0.3 is 19.5 Å². The number of aromatic nitrogens is 2. The SMILES string of the molecule is COc1nc(C2CC2)nc(OCC(F)F)c1CN1C[C@@H]2CN(C(=O)CCO)CCN2[C@H](C(c2ccccc2)c2ccccc2)C1. The Morgan fingerprint density at radius 1 is 0.956 bits per heavy atom. The minimum absolute atomic E-state index is 0.0122. The Morgan fingerprint density at radius 2 is 1.62 bits per heavy atom. The molecule has 3 aromatic rings. The molecule has 45 heavy (non-hydrogen) atoms. The number of amides is 1. The normalized spacial score (nSPS) is 20.8. The summed E-state index contributed by atoms with van der Waals surface area (Å²) in [6.07, 6.45) is -0.635. The number of hydrogen-bond acceptors (Lipinski definition) is 8. The number of ether oxygens (including phenoxy) is 2. The van der Waals surface area contributed by atoms with Crippen LogP contribution in [0.2, 0.25) is 0 Å². The molecule has 0 radical (unpaired) electrons. The molecular weight excluding hydrogens is 580 g/mol. The van der Waals surface area contributed by atoms with Crippen LogP contribution in [0.1, 0.15) is 53.6 Å². The van der Waals surface area contributed by atoms with Gasteiger partial charge in [-0.15, -0.1) is 0 Å². The Kier molecular flexibility index (Phi) is 9.87. The predicted octanol–water partition coefficient (Wildman–Crippen LogP) is 3.92. The zero-order chi connectivity index (χ0) is 31.3. The summed E-state index contributed by atoms with van der Waals surface area (Å²) in [5.74, 6) is 1.25. The molecule has 3 aliphatic rings. The first-order valence-corrected chi connectivity index (χ1v) is 15.8. The molecule has 2 atom stereocenters. The van der Waals surface area contributed by atoms with Gasteiger partial charge in [-0.25, -0.2) is 8.78 Å². The van der Waals surface area contributed by atoms with Gasteiger partial charge in [-0.3, -0.25) is 14.6 Å². The van der Waals surface area contributed by atoms with Crippen LogP contribution in [0.4, 0.5) is 8.78 Å². The maximum atomic E-state index is 13.3. The van der Waals surface area contributed by atoms with Crippen LogP contribution >= 0.6 is 0 Å². The maximum absolute atomic E-state index is 13.3. The van der Waals surface area contributed by atoms with Gasteiger partial charge in [0.15, 0.2) is 6.61 Å². The molecule has 2 aromatic carbocycles. The molecule has 3 fully saturated rings. The van der Waals surface area contributed by atoms with E-state index in [9.17, 15) is 18.7 Å². The Labute approximate surface area is 262 Å². The fourth-order valence-corrected chi connectivity index (χ4v) is 6.85. The summed E-state index contributed by atoms with van der Waals surface area (Å²) in [4.78, 5) is 28.8. The van der Waals surface area contributed by atoms with E-state index in [1.54, 1.807) is 0 Å². The van der Waals surface area contributed by atoms with E-state index in [-0.39, 0.29) is 48.7 Å². The van der Waals surface area contributed by atoms with Gasteiger partial charge in [-0.2, -0.15) is 9.97 Å². The number of rotatable bonds is 12. The van der Waals surface area contributed by atoms with Crippen LogP contribution in [0.15, 0.2) is 60.7 Å². The van der Waals surface area contributed by atoms with E-state index >= 15 is 0 Å². The zero-order valence-corrected chi connectivity index (χ0v) is 25.6. The molecular formula is C34H41F2N5O4. The van der Waals surface area contributed by atoms with Gasteiger partial charge in [-0.1, -0.05) is 60.7 Å². The van der Waals surface area contributed by atoms with Crippen LogP contribution in [-0.2, 0) is 11.3 Å². The topological polar surface area (TPSA) is 91.3 Å². The first-order valence-electron chi connectivity index (χ1n) is 15.8. The lowest BCUT2D eigenvalue weighted by molar-refractivity contribution is -0.137. The van der Waals surface area contributed by atoms with E-state index in [0.29, 0.717) is 56.5 Å². The minimum atomic E-state index is -2.64. The maximum Gasteiger partial charge on any atom is 0.272 e. The second kappa shape index (κ2) is 14.2. The highest BCUT2D eigenvalue weighted by Crippen LogP contribution is 2.41. The molecule has 2 aliphatic heterocycles. The zero-order valence-electron chi connectivity index (χ0n) is 25.6. The number of aliphatic hydroxyl groups is 1. The summed E-state index contributed by atoms with van der Waals surface area (Å²) in [5.41, 5.74) is 2.95. The number of piperazine rings is 2. The van der Waals surface area contributed by atoms with Gasteiger partial charge in [0.1, 0.15) is 5.82 Å². The highest BCUT2D eigenvalue weighted by Gasteiger charge is 2.43. The molecule has 0 spiro atoms. The van der Waals surface area contributed by atoms with Gasteiger partial charge in [0.25, 0.3) is 6.43 Å². The molecule has 1 N–H and O–H groups in total. The number of hydrogen-bond donors (Lipinski definition) is 1. The molecule has 3 heterocycles. The molecule has 0 unspecified atom stereocenters. The third-order valence-corrected chi connectivity index (χ3v) is 9.06. The van der Waals surface area contributed by atoms with Gasteiger partial charge in [-0.05, 0) is 24.0 Å². The second-order valence-electron chi connectivity index (χ2n) is 12.1. The number of fused-ring (bicyclic) bond motifs is 1. The van der Waals surface area contributed by atoms with Crippen molar-refractivity contribution < 1.29 is 28.2 Å². The van der Waals surface area contributed by atoms with Crippen LogP contribution in [0.3, 0.4) is 0 Å². The van der Waals surface area contributed by atoms with Crippen LogP contribution in [0.25, 0.3) is 0 Å². The minimum Gasteiger partial charge on any atom is -0.481 e. The lowest BCUT2D eigenvalue weighted by Crippen LogP contribution is -2.67. The summed E-state index contributed by atoms with van der Waals surface area (Å²) in [6, 6.07) is 21.0. The fraction of sp³-hybridized carbons (Fsp3) is 0.500. The number of halogens is 2. The van der Waals surface area contributed by atoms with Crippen LogP contribution < -0.4 is 9.47 Å². The smallest absolute Gasteiger partial charge is 0.272 e. The Bertz CT molecular complexity index is 1390. The molecule has 6 rings (SSSR count). The Morgan fingerprint density at radius 3 is 2.22 bits per heavy atom. The number of aliphatic hydroxyl groups excluding tert-OH is 1. The fourth-order valence-electron chi connectivity index (χ4n) is 6.85. The van der Waals surface area contributed by atoms with Crippen molar-refractivity contribution in [3.05, 3.63) is 83.2 Å². The lowest BCUT2D eigenvalue weighted by atomic mass is 9.81. The summed E-state index contributed by atoms with van der Waals surface area (Å²) in [5, 5.41) is 9.44. The highest BCUT2D eigenvalue weighted by atomic mass is 19.3. The van der Waals surface area contributed by atoms with E-state index in [4.69, 9.17) is 9.47 Å². The largest absolute Gasteiger partial charge is 0.481 e. The van der Waals surface area contributed by atoms with Crippen molar-refractivity contribution >= 4 is 5.91 Å². The average molecular weight is 622 g/mol. The van der Waals surface area contributed by atoms with E-state index in [1.165, 1.54) is 18.2 Å². The summed E-state index contributed by atoms with van der Waals surface area (Å²) in [6.45, 7) is 2.55. The standard InChI is InChI=1S/C34H41F2N5O4/c1-44-33-27(34(45-22-29(35)36)38-32(37-33)25-12-13-25)20-39-18-26-19-40(30(43)14-17-42)15-16-41(26)28(21-39)31(23-8-4-2-5-9-23)24-10-6-3-7-11-24/h2-11,25-26,28-29,31,42H,12-22H2,1H3/t26-,28+/m1/s1. The first-order chi connectivity index (χ1) is 21.9. The number of carbonyl (C=O) groups excluding carboxylic acids is 1. The molecule has 1 saturated carbocycles. The first kappa shape index (κ1) is 31.3. The van der Waals surface area contributed by atoms with Crippen molar-refractivity contribution in [2.24, 2.45) is 0 Å². The molecule has 1 aromatic heterocycles. The second-order valence-corrected chi connectivity index (χ2v) is 12.1. The summed E-state index contributed by atoms with van der Waals surface area (Å²) < 4.78 is 37.9. The molecule has 2 saturated heterocycles. The average Bonchev–Trinajstić information content (AvgIpc) is 3.91. The number of benzene rings is 2. The number of nitrogens with zero attached hydrogens (tertiary/aromatic N) is 5. The van der Waals surface area contributed by atoms with Crippen LogP contribution in [0.5, 0.6) is 11.8 Å².